The van der Waals surface area contributed by atoms with Crippen LogP contribution in [0.4, 0.5) is 10.1 Å². The molecule has 2 N–H and O–H groups in total. The number of halogens is 1. The number of hydrogen-bond acceptors (Lipinski definition) is 2. The Balaban J connectivity index is 2.44. The summed E-state index contributed by atoms with van der Waals surface area (Å²) in [6.07, 6.45) is 1.19. The largest absolute Gasteiger partial charge is 0.399 e. The maximum absolute atomic E-state index is 12.6. The number of nitrogens with zero attached hydrogens (tertiary/aromatic N) is 1. The molecule has 1 aromatic carbocycles. The molecule has 0 atom stereocenters. The molecule has 0 spiro atoms. The number of pyridine rings is 1. The zero-order valence-electron chi connectivity index (χ0n) is 7.44. The van der Waals surface area contributed by atoms with E-state index in [0.717, 1.165) is 11.3 Å². The second-order valence-corrected chi connectivity index (χ2v) is 2.99. The van der Waals surface area contributed by atoms with Crippen molar-refractivity contribution in [1.82, 2.24) is 4.98 Å². The summed E-state index contributed by atoms with van der Waals surface area (Å²) in [6, 6.07) is 10.3. The molecule has 70 valence electrons. The predicted octanol–water partition coefficient (Wildman–Crippen LogP) is 2.47. The summed E-state index contributed by atoms with van der Waals surface area (Å²) in [5.41, 5.74) is 7.91. The summed E-state index contributed by atoms with van der Waals surface area (Å²) >= 11 is 0. The smallest absolute Gasteiger partial charge is 0.141 e. The van der Waals surface area contributed by atoms with Gasteiger partial charge in [0, 0.05) is 11.3 Å². The molecule has 1 heterocycles. The van der Waals surface area contributed by atoms with Gasteiger partial charge in [0.1, 0.15) is 5.82 Å². The molecule has 1 aromatic heterocycles. The van der Waals surface area contributed by atoms with Crippen molar-refractivity contribution in [3.8, 4) is 11.3 Å². The monoisotopic (exact) mass is 188 g/mol. The number of rotatable bonds is 1. The van der Waals surface area contributed by atoms with Crippen LogP contribution in [0.5, 0.6) is 0 Å². The van der Waals surface area contributed by atoms with Crippen LogP contribution in [0.1, 0.15) is 0 Å². The van der Waals surface area contributed by atoms with Crippen LogP contribution < -0.4 is 5.73 Å². The number of benzene rings is 1. The molecule has 0 bridgehead atoms. The highest BCUT2D eigenvalue weighted by molar-refractivity contribution is 5.63. The van der Waals surface area contributed by atoms with Crippen LogP contribution >= 0.6 is 0 Å². The molecular formula is C11H9FN2. The fourth-order valence-corrected chi connectivity index (χ4v) is 1.24. The van der Waals surface area contributed by atoms with E-state index in [0.29, 0.717) is 5.69 Å². The van der Waals surface area contributed by atoms with Crippen LogP contribution in [0.3, 0.4) is 0 Å². The van der Waals surface area contributed by atoms with E-state index in [2.05, 4.69) is 4.98 Å². The lowest BCUT2D eigenvalue weighted by Gasteiger charge is -2.00. The summed E-state index contributed by atoms with van der Waals surface area (Å²) in [5.74, 6) is -0.336. The molecule has 0 aliphatic heterocycles. The average Bonchev–Trinajstić information content (AvgIpc) is 2.19. The standard InChI is InChI=1S/C11H9FN2/c12-9-4-5-11(14-7-9)8-2-1-3-10(13)6-8/h1-7H,13H2. The second kappa shape index (κ2) is 3.46. The Labute approximate surface area is 81.2 Å². The number of aromatic nitrogens is 1. The fraction of sp³-hybridized carbons (Fsp3) is 0. The molecule has 3 heteroatoms. The van der Waals surface area contributed by atoms with Crippen LogP contribution in [0.15, 0.2) is 42.6 Å². The molecule has 0 fully saturated rings. The van der Waals surface area contributed by atoms with Gasteiger partial charge in [0.15, 0.2) is 0 Å². The van der Waals surface area contributed by atoms with Gasteiger partial charge in [-0.15, -0.1) is 0 Å². The van der Waals surface area contributed by atoms with E-state index in [-0.39, 0.29) is 5.82 Å². The van der Waals surface area contributed by atoms with Crippen LogP contribution in [0, 0.1) is 5.82 Å². The van der Waals surface area contributed by atoms with E-state index >= 15 is 0 Å². The molecule has 0 amide bonds. The normalized spacial score (nSPS) is 10.1. The molecule has 0 radical (unpaired) electrons. The first-order valence-electron chi connectivity index (χ1n) is 4.23. The lowest BCUT2D eigenvalue weighted by Crippen LogP contribution is -1.87. The van der Waals surface area contributed by atoms with Gasteiger partial charge in [-0.25, -0.2) is 4.39 Å². The molecule has 2 nitrogen and oxygen atoms in total. The Morgan fingerprint density at radius 1 is 1.14 bits per heavy atom. The molecule has 0 unspecified atom stereocenters. The van der Waals surface area contributed by atoms with Crippen LogP contribution in [-0.2, 0) is 0 Å². The summed E-state index contributed by atoms with van der Waals surface area (Å²) in [5, 5.41) is 0. The van der Waals surface area contributed by atoms with Gasteiger partial charge in [0.2, 0.25) is 0 Å². The average molecular weight is 188 g/mol. The van der Waals surface area contributed by atoms with E-state index in [4.69, 9.17) is 5.73 Å². The summed E-state index contributed by atoms with van der Waals surface area (Å²) in [6.45, 7) is 0. The highest BCUT2D eigenvalue weighted by atomic mass is 19.1. The lowest BCUT2D eigenvalue weighted by atomic mass is 10.1. The summed E-state index contributed by atoms with van der Waals surface area (Å²) in [7, 11) is 0. The maximum Gasteiger partial charge on any atom is 0.141 e. The maximum atomic E-state index is 12.6. The van der Waals surface area contributed by atoms with Gasteiger partial charge in [0.05, 0.1) is 11.9 Å². The molecule has 0 saturated heterocycles. The topological polar surface area (TPSA) is 38.9 Å². The van der Waals surface area contributed by atoms with E-state index in [1.54, 1.807) is 18.2 Å². The number of nitrogens with two attached hydrogens (primary N) is 1. The van der Waals surface area contributed by atoms with Crippen LogP contribution in [0.25, 0.3) is 11.3 Å². The molecule has 0 aliphatic rings. The predicted molar refractivity (Wildman–Crippen MR) is 54.0 cm³/mol. The Kier molecular flexibility index (Phi) is 2.14. The van der Waals surface area contributed by atoms with E-state index in [1.807, 2.05) is 12.1 Å². The molecule has 0 aliphatic carbocycles. The van der Waals surface area contributed by atoms with Gasteiger partial charge < -0.3 is 5.73 Å². The molecule has 2 aromatic rings. The lowest BCUT2D eigenvalue weighted by molar-refractivity contribution is 0.622. The van der Waals surface area contributed by atoms with Gasteiger partial charge in [0.25, 0.3) is 0 Å². The van der Waals surface area contributed by atoms with Gasteiger partial charge >= 0.3 is 0 Å². The molecular weight excluding hydrogens is 179 g/mol. The highest BCUT2D eigenvalue weighted by Crippen LogP contribution is 2.18. The van der Waals surface area contributed by atoms with Gasteiger partial charge in [-0.3, -0.25) is 4.98 Å². The number of nitrogen functional groups attached to an aromatic ring is 1. The van der Waals surface area contributed by atoms with Crippen LogP contribution in [-0.4, -0.2) is 4.98 Å². The van der Waals surface area contributed by atoms with Crippen molar-refractivity contribution in [3.05, 3.63) is 48.4 Å². The third-order valence-electron chi connectivity index (χ3n) is 1.91. The van der Waals surface area contributed by atoms with Crippen molar-refractivity contribution >= 4 is 5.69 Å². The van der Waals surface area contributed by atoms with Crippen molar-refractivity contribution in [1.29, 1.82) is 0 Å². The first-order valence-corrected chi connectivity index (χ1v) is 4.23. The fourth-order valence-electron chi connectivity index (χ4n) is 1.24. The first-order chi connectivity index (χ1) is 6.75. The van der Waals surface area contributed by atoms with E-state index in [1.165, 1.54) is 12.3 Å². The number of anilines is 1. The SMILES string of the molecule is Nc1cccc(-c2ccc(F)cn2)c1. The quantitative estimate of drug-likeness (QED) is 0.698. The van der Waals surface area contributed by atoms with Crippen molar-refractivity contribution in [3.63, 3.8) is 0 Å². The zero-order valence-corrected chi connectivity index (χ0v) is 7.44. The Morgan fingerprint density at radius 3 is 2.64 bits per heavy atom. The second-order valence-electron chi connectivity index (χ2n) is 2.99. The molecule has 14 heavy (non-hydrogen) atoms. The van der Waals surface area contributed by atoms with Gasteiger partial charge in [-0.1, -0.05) is 12.1 Å². The van der Waals surface area contributed by atoms with Gasteiger partial charge in [-0.2, -0.15) is 0 Å². The number of hydrogen-bond donors (Lipinski definition) is 1. The van der Waals surface area contributed by atoms with E-state index < -0.39 is 0 Å². The zero-order chi connectivity index (χ0) is 9.97. The Morgan fingerprint density at radius 2 is 2.00 bits per heavy atom. The molecule has 2 rings (SSSR count). The van der Waals surface area contributed by atoms with Gasteiger partial charge in [-0.05, 0) is 24.3 Å². The van der Waals surface area contributed by atoms with Crippen molar-refractivity contribution in [2.45, 2.75) is 0 Å². The molecule has 0 saturated carbocycles. The van der Waals surface area contributed by atoms with E-state index in [9.17, 15) is 4.39 Å². The first kappa shape index (κ1) is 8.69. The summed E-state index contributed by atoms with van der Waals surface area (Å²) in [4.78, 5) is 3.96. The van der Waals surface area contributed by atoms with Crippen molar-refractivity contribution < 1.29 is 4.39 Å². The highest BCUT2D eigenvalue weighted by Gasteiger charge is 1.99. The Hall–Kier alpha value is -1.90. The Bertz CT molecular complexity index is 437. The third kappa shape index (κ3) is 1.71. The minimum atomic E-state index is -0.336. The van der Waals surface area contributed by atoms with Crippen molar-refractivity contribution in [2.75, 3.05) is 5.73 Å². The van der Waals surface area contributed by atoms with Crippen LogP contribution in [0.2, 0.25) is 0 Å². The minimum Gasteiger partial charge on any atom is -0.399 e. The third-order valence-corrected chi connectivity index (χ3v) is 1.91. The summed E-state index contributed by atoms with van der Waals surface area (Å²) < 4.78 is 12.6. The van der Waals surface area contributed by atoms with Crippen molar-refractivity contribution in [2.24, 2.45) is 0 Å². The minimum absolute atomic E-state index is 0.336.